The molecule has 0 saturated heterocycles. The van der Waals surface area contributed by atoms with Crippen LogP contribution in [0.15, 0.2) is 41.4 Å². The van der Waals surface area contributed by atoms with E-state index in [0.717, 1.165) is 6.26 Å². The van der Waals surface area contributed by atoms with E-state index in [2.05, 4.69) is 10.3 Å². The second-order valence-electron chi connectivity index (χ2n) is 5.23. The summed E-state index contributed by atoms with van der Waals surface area (Å²) >= 11 is 5.69. The van der Waals surface area contributed by atoms with Crippen LogP contribution in [0.1, 0.15) is 15.9 Å². The fraction of sp³-hybridized carbons (Fsp3) is 0.188. The van der Waals surface area contributed by atoms with Crippen molar-refractivity contribution in [3.63, 3.8) is 0 Å². The molecule has 0 aliphatic rings. The van der Waals surface area contributed by atoms with E-state index in [1.807, 2.05) is 0 Å². The number of sulfone groups is 1. The van der Waals surface area contributed by atoms with E-state index in [9.17, 15) is 18.0 Å². The van der Waals surface area contributed by atoms with Crippen molar-refractivity contribution in [2.75, 3.05) is 18.2 Å². The van der Waals surface area contributed by atoms with Crippen molar-refractivity contribution in [1.29, 1.82) is 0 Å². The number of esters is 1. The van der Waals surface area contributed by atoms with Gasteiger partial charge in [-0.15, -0.1) is 0 Å². The topological polar surface area (TPSA) is 102 Å². The Labute approximate surface area is 149 Å². The van der Waals surface area contributed by atoms with Crippen LogP contribution in [-0.2, 0) is 19.4 Å². The molecule has 1 aromatic carbocycles. The van der Waals surface area contributed by atoms with E-state index < -0.39 is 28.3 Å². The van der Waals surface area contributed by atoms with Crippen LogP contribution in [0.5, 0.6) is 0 Å². The fourth-order valence-electron chi connectivity index (χ4n) is 1.89. The molecular weight excluding hydrogens is 368 g/mol. The SMILES string of the molecule is Cc1ccc(S(C)(=O)=O)cc1C(=O)OCC(=O)Nc1ccc(Cl)cn1. The molecule has 1 heterocycles. The molecule has 2 aromatic rings. The first kappa shape index (κ1) is 18.9. The Morgan fingerprint density at radius 3 is 2.56 bits per heavy atom. The predicted molar refractivity (Wildman–Crippen MR) is 92.4 cm³/mol. The van der Waals surface area contributed by atoms with Gasteiger partial charge in [0, 0.05) is 12.5 Å². The number of anilines is 1. The highest BCUT2D eigenvalue weighted by Crippen LogP contribution is 2.16. The number of carbonyl (C=O) groups is 2. The molecule has 132 valence electrons. The molecule has 1 aromatic heterocycles. The van der Waals surface area contributed by atoms with Gasteiger partial charge in [0.05, 0.1) is 15.5 Å². The van der Waals surface area contributed by atoms with Crippen LogP contribution in [0.4, 0.5) is 5.82 Å². The first-order chi connectivity index (χ1) is 11.7. The van der Waals surface area contributed by atoms with E-state index in [0.29, 0.717) is 10.6 Å². The molecule has 0 fully saturated rings. The van der Waals surface area contributed by atoms with Crippen LogP contribution in [-0.4, -0.2) is 38.1 Å². The molecule has 0 atom stereocenters. The molecule has 7 nitrogen and oxygen atoms in total. The van der Waals surface area contributed by atoms with Gasteiger partial charge in [-0.05, 0) is 36.8 Å². The fourth-order valence-corrected chi connectivity index (χ4v) is 2.65. The zero-order chi connectivity index (χ0) is 18.6. The summed E-state index contributed by atoms with van der Waals surface area (Å²) in [7, 11) is -3.46. The van der Waals surface area contributed by atoms with Gasteiger partial charge in [0.15, 0.2) is 16.4 Å². The highest BCUT2D eigenvalue weighted by atomic mass is 35.5. The molecular formula is C16H15ClN2O5S. The van der Waals surface area contributed by atoms with Crippen molar-refractivity contribution in [1.82, 2.24) is 4.98 Å². The van der Waals surface area contributed by atoms with E-state index >= 15 is 0 Å². The second-order valence-corrected chi connectivity index (χ2v) is 7.69. The predicted octanol–water partition coefficient (Wildman–Crippen LogP) is 2.24. The third kappa shape index (κ3) is 5.27. The van der Waals surface area contributed by atoms with Gasteiger partial charge in [0.2, 0.25) is 0 Å². The molecule has 0 bridgehead atoms. The molecule has 0 aliphatic heterocycles. The van der Waals surface area contributed by atoms with Gasteiger partial charge in [-0.3, -0.25) is 4.79 Å². The number of ether oxygens (including phenoxy) is 1. The van der Waals surface area contributed by atoms with E-state index in [4.69, 9.17) is 16.3 Å². The van der Waals surface area contributed by atoms with Crippen LogP contribution in [0, 0.1) is 6.92 Å². The smallest absolute Gasteiger partial charge is 0.338 e. The van der Waals surface area contributed by atoms with Gasteiger partial charge >= 0.3 is 5.97 Å². The van der Waals surface area contributed by atoms with E-state index in [1.54, 1.807) is 13.0 Å². The van der Waals surface area contributed by atoms with Crippen molar-refractivity contribution in [2.45, 2.75) is 11.8 Å². The van der Waals surface area contributed by atoms with Crippen molar-refractivity contribution < 1.29 is 22.7 Å². The Morgan fingerprint density at radius 2 is 1.96 bits per heavy atom. The Balaban J connectivity index is 2.02. The molecule has 0 spiro atoms. The minimum Gasteiger partial charge on any atom is -0.452 e. The normalized spacial score (nSPS) is 11.0. The first-order valence-electron chi connectivity index (χ1n) is 7.06. The molecule has 1 amide bonds. The van der Waals surface area contributed by atoms with Gasteiger partial charge in [0.25, 0.3) is 5.91 Å². The number of carbonyl (C=O) groups excluding carboxylic acids is 2. The number of nitrogens with zero attached hydrogens (tertiary/aromatic N) is 1. The molecule has 0 radical (unpaired) electrons. The lowest BCUT2D eigenvalue weighted by Crippen LogP contribution is -2.21. The van der Waals surface area contributed by atoms with E-state index in [-0.39, 0.29) is 16.3 Å². The maximum atomic E-state index is 12.1. The average Bonchev–Trinajstić information content (AvgIpc) is 2.54. The summed E-state index contributed by atoms with van der Waals surface area (Å²) in [4.78, 5) is 27.8. The Kier molecular flexibility index (Phi) is 5.76. The van der Waals surface area contributed by atoms with Gasteiger partial charge in [0.1, 0.15) is 5.82 Å². The van der Waals surface area contributed by atoms with Crippen molar-refractivity contribution >= 4 is 39.1 Å². The maximum absolute atomic E-state index is 12.1. The Hall–Kier alpha value is -2.45. The minimum absolute atomic E-state index is 0.000124. The minimum atomic E-state index is -3.46. The highest BCUT2D eigenvalue weighted by molar-refractivity contribution is 7.90. The quantitative estimate of drug-likeness (QED) is 0.795. The molecule has 25 heavy (non-hydrogen) atoms. The number of pyridine rings is 1. The molecule has 0 unspecified atom stereocenters. The summed E-state index contributed by atoms with van der Waals surface area (Å²) in [5.74, 6) is -1.11. The largest absolute Gasteiger partial charge is 0.452 e. The lowest BCUT2D eigenvalue weighted by molar-refractivity contribution is -0.119. The monoisotopic (exact) mass is 382 g/mol. The number of benzene rings is 1. The number of hydrogen-bond acceptors (Lipinski definition) is 6. The lowest BCUT2D eigenvalue weighted by Gasteiger charge is -2.09. The standard InChI is InChI=1S/C16H15ClN2O5S/c1-10-3-5-12(25(2,22)23)7-13(10)16(21)24-9-15(20)19-14-6-4-11(17)8-18-14/h3-8H,9H2,1-2H3,(H,18,19,20). The summed E-state index contributed by atoms with van der Waals surface area (Å²) in [5, 5.41) is 2.87. The van der Waals surface area contributed by atoms with Crippen LogP contribution in [0.3, 0.4) is 0 Å². The van der Waals surface area contributed by atoms with Crippen LogP contribution in [0.2, 0.25) is 5.02 Å². The zero-order valence-electron chi connectivity index (χ0n) is 13.4. The van der Waals surface area contributed by atoms with Gasteiger partial charge < -0.3 is 10.1 Å². The molecule has 0 aliphatic carbocycles. The number of aryl methyl sites for hydroxylation is 1. The zero-order valence-corrected chi connectivity index (χ0v) is 15.0. The average molecular weight is 383 g/mol. The molecule has 0 saturated carbocycles. The van der Waals surface area contributed by atoms with Crippen LogP contribution >= 0.6 is 11.6 Å². The third-order valence-electron chi connectivity index (χ3n) is 3.19. The number of aromatic nitrogens is 1. The number of halogens is 1. The Morgan fingerprint density at radius 1 is 1.24 bits per heavy atom. The third-order valence-corrected chi connectivity index (χ3v) is 4.52. The molecule has 9 heteroatoms. The van der Waals surface area contributed by atoms with Crippen molar-refractivity contribution in [3.05, 3.63) is 52.7 Å². The maximum Gasteiger partial charge on any atom is 0.338 e. The number of rotatable bonds is 5. The molecule has 2 rings (SSSR count). The van der Waals surface area contributed by atoms with Crippen LogP contribution in [0.25, 0.3) is 0 Å². The van der Waals surface area contributed by atoms with Gasteiger partial charge in [-0.2, -0.15) is 0 Å². The second kappa shape index (κ2) is 7.62. The number of hydrogen-bond donors (Lipinski definition) is 1. The van der Waals surface area contributed by atoms with E-state index in [1.165, 1.54) is 30.5 Å². The number of nitrogens with one attached hydrogen (secondary N) is 1. The summed E-state index contributed by atoms with van der Waals surface area (Å²) in [6.07, 6.45) is 2.41. The van der Waals surface area contributed by atoms with Gasteiger partial charge in [-0.1, -0.05) is 17.7 Å². The molecule has 1 N–H and O–H groups in total. The van der Waals surface area contributed by atoms with Gasteiger partial charge in [-0.25, -0.2) is 18.2 Å². The van der Waals surface area contributed by atoms with Crippen LogP contribution < -0.4 is 5.32 Å². The summed E-state index contributed by atoms with van der Waals surface area (Å²) in [5.41, 5.74) is 0.623. The first-order valence-corrected chi connectivity index (χ1v) is 9.33. The summed E-state index contributed by atoms with van der Waals surface area (Å²) in [6.45, 7) is 1.10. The highest BCUT2D eigenvalue weighted by Gasteiger charge is 2.16. The number of amides is 1. The summed E-state index contributed by atoms with van der Waals surface area (Å²) in [6, 6.07) is 7.19. The lowest BCUT2D eigenvalue weighted by atomic mass is 10.1. The van der Waals surface area contributed by atoms with Crippen molar-refractivity contribution in [2.24, 2.45) is 0 Å². The Bertz CT molecular complexity index is 911. The van der Waals surface area contributed by atoms with Crippen molar-refractivity contribution in [3.8, 4) is 0 Å². The summed E-state index contributed by atoms with van der Waals surface area (Å²) < 4.78 is 28.1.